The molecule has 0 saturated carbocycles. The number of rotatable bonds is 5. The van der Waals surface area contributed by atoms with Crippen molar-refractivity contribution in [2.45, 2.75) is 12.3 Å². The molecule has 0 unspecified atom stereocenters. The van der Waals surface area contributed by atoms with E-state index in [2.05, 4.69) is 66.7 Å². The fourth-order valence-electron chi connectivity index (χ4n) is 3.01. The summed E-state index contributed by atoms with van der Waals surface area (Å²) in [7, 11) is 0. The smallest absolute Gasteiger partial charge is 0.0471 e. The van der Waals surface area contributed by atoms with Crippen LogP contribution in [0.5, 0.6) is 0 Å². The molecule has 0 atom stereocenters. The molecule has 0 bridgehead atoms. The van der Waals surface area contributed by atoms with Gasteiger partial charge in [-0.25, -0.2) is 0 Å². The summed E-state index contributed by atoms with van der Waals surface area (Å²) < 4.78 is 0. The van der Waals surface area contributed by atoms with Gasteiger partial charge in [-0.2, -0.15) is 0 Å². The van der Waals surface area contributed by atoms with Gasteiger partial charge in [-0.15, -0.1) is 0 Å². The Balaban J connectivity index is 2.15. The van der Waals surface area contributed by atoms with Crippen molar-refractivity contribution in [1.29, 1.82) is 0 Å². The van der Waals surface area contributed by atoms with Gasteiger partial charge in [0.25, 0.3) is 0 Å². The first kappa shape index (κ1) is 14.6. The first-order valence-electron chi connectivity index (χ1n) is 7.68. The van der Waals surface area contributed by atoms with Crippen LogP contribution in [0.1, 0.15) is 28.2 Å². The Morgan fingerprint density at radius 2 is 1.14 bits per heavy atom. The Bertz CT molecular complexity index is 665. The van der Waals surface area contributed by atoms with Crippen molar-refractivity contribution in [1.82, 2.24) is 0 Å². The number of aliphatic hydroxyl groups excluding tert-OH is 1. The fourth-order valence-corrected chi connectivity index (χ4v) is 3.01. The lowest BCUT2D eigenvalue weighted by atomic mass is 9.82. The molecule has 110 valence electrons. The van der Waals surface area contributed by atoms with Crippen molar-refractivity contribution < 1.29 is 5.11 Å². The summed E-state index contributed by atoms with van der Waals surface area (Å²) in [5.74, 6) is 0.199. The predicted molar refractivity (Wildman–Crippen MR) is 91.1 cm³/mol. The zero-order valence-corrected chi connectivity index (χ0v) is 12.5. The van der Waals surface area contributed by atoms with Crippen molar-refractivity contribution >= 4 is 0 Å². The van der Waals surface area contributed by atoms with Gasteiger partial charge >= 0.3 is 0 Å². The van der Waals surface area contributed by atoms with Crippen molar-refractivity contribution in [3.63, 3.8) is 0 Å². The monoisotopic (exact) mass is 288 g/mol. The zero-order chi connectivity index (χ0) is 15.2. The largest absolute Gasteiger partial charge is 0.396 e. The van der Waals surface area contributed by atoms with Gasteiger partial charge in [-0.05, 0) is 28.7 Å². The van der Waals surface area contributed by atoms with Gasteiger partial charge in [0, 0.05) is 12.5 Å². The quantitative estimate of drug-likeness (QED) is 0.690. The molecule has 0 spiro atoms. The fraction of sp³-hybridized carbons (Fsp3) is 0.143. The van der Waals surface area contributed by atoms with E-state index in [-0.39, 0.29) is 12.5 Å². The summed E-state index contributed by atoms with van der Waals surface area (Å²) in [6.07, 6.45) is 0.687. The van der Waals surface area contributed by atoms with Gasteiger partial charge in [0.05, 0.1) is 0 Å². The first-order valence-corrected chi connectivity index (χ1v) is 7.68. The van der Waals surface area contributed by atoms with Gasteiger partial charge in [0.2, 0.25) is 0 Å². The summed E-state index contributed by atoms with van der Waals surface area (Å²) in [5, 5.41) is 9.37. The molecule has 0 heterocycles. The molecule has 3 aromatic carbocycles. The molecule has 3 rings (SSSR count). The van der Waals surface area contributed by atoms with Crippen LogP contribution < -0.4 is 0 Å². The third-order valence-corrected chi connectivity index (χ3v) is 4.01. The van der Waals surface area contributed by atoms with Crippen LogP contribution in [0.3, 0.4) is 0 Å². The van der Waals surface area contributed by atoms with Crippen molar-refractivity contribution in [2.24, 2.45) is 0 Å². The molecule has 0 aliphatic heterocycles. The topological polar surface area (TPSA) is 20.2 Å². The first-order chi connectivity index (χ1) is 10.9. The van der Waals surface area contributed by atoms with Gasteiger partial charge in [-0.3, -0.25) is 0 Å². The summed E-state index contributed by atoms with van der Waals surface area (Å²) in [6.45, 7) is 0.174. The van der Waals surface area contributed by atoms with E-state index < -0.39 is 0 Å². The third kappa shape index (κ3) is 3.10. The Morgan fingerprint density at radius 3 is 1.68 bits per heavy atom. The van der Waals surface area contributed by atoms with Crippen LogP contribution in [0.2, 0.25) is 0 Å². The Morgan fingerprint density at radius 1 is 0.636 bits per heavy atom. The van der Waals surface area contributed by atoms with Crippen LogP contribution in [0.25, 0.3) is 0 Å². The van der Waals surface area contributed by atoms with E-state index in [0.717, 1.165) is 0 Å². The average molecular weight is 288 g/mol. The molecular weight excluding hydrogens is 268 g/mol. The van der Waals surface area contributed by atoms with E-state index >= 15 is 0 Å². The Hall–Kier alpha value is -2.38. The molecule has 0 aliphatic carbocycles. The highest BCUT2D eigenvalue weighted by Gasteiger charge is 2.18. The summed E-state index contributed by atoms with van der Waals surface area (Å²) in [6, 6.07) is 29.5. The maximum atomic E-state index is 9.37. The molecule has 0 fully saturated rings. The average Bonchev–Trinajstić information content (AvgIpc) is 2.59. The van der Waals surface area contributed by atoms with E-state index in [1.165, 1.54) is 22.3 Å². The number of aliphatic hydroxyl groups is 1. The Labute approximate surface area is 131 Å². The molecule has 0 radical (unpaired) electrons. The molecule has 3 aromatic rings. The number of benzene rings is 3. The third-order valence-electron chi connectivity index (χ3n) is 4.01. The van der Waals surface area contributed by atoms with Crippen molar-refractivity contribution in [2.75, 3.05) is 6.61 Å². The summed E-state index contributed by atoms with van der Waals surface area (Å²) in [4.78, 5) is 0. The second-order valence-corrected chi connectivity index (χ2v) is 5.43. The minimum atomic E-state index is 0.174. The lowest BCUT2D eigenvalue weighted by molar-refractivity contribution is 0.299. The molecule has 0 amide bonds. The summed E-state index contributed by atoms with van der Waals surface area (Å²) >= 11 is 0. The van der Waals surface area contributed by atoms with Crippen LogP contribution in [-0.4, -0.2) is 11.7 Å². The highest BCUT2D eigenvalue weighted by atomic mass is 16.2. The van der Waals surface area contributed by atoms with Crippen LogP contribution in [0, 0.1) is 0 Å². The van der Waals surface area contributed by atoms with E-state index in [0.29, 0.717) is 6.42 Å². The molecular formula is C21H20O. The van der Waals surface area contributed by atoms with Gasteiger partial charge in [-0.1, -0.05) is 84.9 Å². The van der Waals surface area contributed by atoms with Crippen molar-refractivity contribution in [3.8, 4) is 0 Å². The maximum absolute atomic E-state index is 9.37. The lowest BCUT2D eigenvalue weighted by Gasteiger charge is -2.21. The second-order valence-electron chi connectivity index (χ2n) is 5.43. The molecule has 1 nitrogen and oxygen atoms in total. The highest BCUT2D eigenvalue weighted by Crippen LogP contribution is 2.33. The molecule has 0 aliphatic rings. The number of hydrogen-bond donors (Lipinski definition) is 1. The van der Waals surface area contributed by atoms with E-state index in [9.17, 15) is 5.11 Å². The molecule has 0 saturated heterocycles. The van der Waals surface area contributed by atoms with E-state index in [4.69, 9.17) is 0 Å². The molecule has 1 heteroatoms. The molecule has 22 heavy (non-hydrogen) atoms. The predicted octanol–water partition coefficient (Wildman–Crippen LogP) is 4.40. The number of hydrogen-bond acceptors (Lipinski definition) is 1. The SMILES string of the molecule is OCCc1ccccc1C(c1ccccc1)c1ccccc1. The maximum Gasteiger partial charge on any atom is 0.0471 e. The Kier molecular flexibility index (Phi) is 4.67. The van der Waals surface area contributed by atoms with Gasteiger partial charge in [0.15, 0.2) is 0 Å². The van der Waals surface area contributed by atoms with Gasteiger partial charge in [0.1, 0.15) is 0 Å². The van der Waals surface area contributed by atoms with Crippen LogP contribution in [0.15, 0.2) is 84.9 Å². The molecule has 0 aromatic heterocycles. The van der Waals surface area contributed by atoms with Crippen molar-refractivity contribution in [3.05, 3.63) is 107 Å². The standard InChI is InChI=1S/C21H20O/c22-16-15-17-9-7-8-14-20(17)21(18-10-3-1-4-11-18)19-12-5-2-6-13-19/h1-14,21-22H,15-16H2. The minimum absolute atomic E-state index is 0.174. The molecule has 1 N–H and O–H groups in total. The normalized spacial score (nSPS) is 10.8. The minimum Gasteiger partial charge on any atom is -0.396 e. The lowest BCUT2D eigenvalue weighted by Crippen LogP contribution is -2.07. The highest BCUT2D eigenvalue weighted by molar-refractivity contribution is 5.46. The summed E-state index contributed by atoms with van der Waals surface area (Å²) in [5.41, 5.74) is 5.04. The van der Waals surface area contributed by atoms with E-state index in [1.807, 2.05) is 18.2 Å². The van der Waals surface area contributed by atoms with Crippen LogP contribution in [-0.2, 0) is 6.42 Å². The zero-order valence-electron chi connectivity index (χ0n) is 12.5. The van der Waals surface area contributed by atoms with Crippen LogP contribution in [0.4, 0.5) is 0 Å². The van der Waals surface area contributed by atoms with Crippen LogP contribution >= 0.6 is 0 Å². The second kappa shape index (κ2) is 7.06. The van der Waals surface area contributed by atoms with Gasteiger partial charge < -0.3 is 5.11 Å². The van der Waals surface area contributed by atoms with E-state index in [1.54, 1.807) is 0 Å².